The molecule has 2 nitrogen and oxygen atoms in total. The molecule has 0 atom stereocenters. The summed E-state index contributed by atoms with van der Waals surface area (Å²) in [5.74, 6) is 0. The van der Waals surface area contributed by atoms with E-state index in [1.165, 1.54) is 5.56 Å². The molecule has 0 aliphatic rings. The lowest BCUT2D eigenvalue weighted by Gasteiger charge is -2.01. The minimum atomic E-state index is 0.919. The van der Waals surface area contributed by atoms with E-state index in [1.807, 2.05) is 30.5 Å². The number of hydrogen-bond donors (Lipinski definition) is 0. The van der Waals surface area contributed by atoms with Gasteiger partial charge in [-0.1, -0.05) is 28.1 Å². The van der Waals surface area contributed by atoms with Gasteiger partial charge < -0.3 is 0 Å². The van der Waals surface area contributed by atoms with Crippen molar-refractivity contribution < 1.29 is 0 Å². The number of halogens is 1. The number of rotatable bonds is 3. The fraction of sp³-hybridized carbons (Fsp3) is 0.167. The first kappa shape index (κ1) is 10.3. The fourth-order valence-electron chi connectivity index (χ4n) is 1.35. The lowest BCUT2D eigenvalue weighted by Crippen LogP contribution is -1.90. The highest BCUT2D eigenvalue weighted by atomic mass is 79.9. The van der Waals surface area contributed by atoms with Crippen LogP contribution in [0.1, 0.15) is 5.56 Å². The molecule has 0 unspecified atom stereocenters. The van der Waals surface area contributed by atoms with Gasteiger partial charge in [0.1, 0.15) is 0 Å². The van der Waals surface area contributed by atoms with Crippen LogP contribution in [0, 0.1) is 0 Å². The Balaban J connectivity index is 2.24. The predicted molar refractivity (Wildman–Crippen MR) is 65.0 cm³/mol. The van der Waals surface area contributed by atoms with E-state index < -0.39 is 0 Å². The van der Waals surface area contributed by atoms with E-state index in [0.717, 1.165) is 23.1 Å². The van der Waals surface area contributed by atoms with Crippen LogP contribution in [0.15, 0.2) is 42.7 Å². The standard InChI is InChI=1S/C12H11BrN2/c13-7-6-10-4-5-12(15-9-10)11-3-1-2-8-14-11/h1-5,8-9H,6-7H2. The molecule has 0 bridgehead atoms. The molecule has 0 radical (unpaired) electrons. The van der Waals surface area contributed by atoms with Crippen molar-refractivity contribution in [3.63, 3.8) is 0 Å². The molecule has 76 valence electrons. The van der Waals surface area contributed by atoms with E-state index in [1.54, 1.807) is 6.20 Å². The Bertz CT molecular complexity index is 411. The molecule has 2 rings (SSSR count). The van der Waals surface area contributed by atoms with Gasteiger partial charge in [0.25, 0.3) is 0 Å². The second-order valence-electron chi connectivity index (χ2n) is 3.21. The molecule has 0 aliphatic heterocycles. The summed E-state index contributed by atoms with van der Waals surface area (Å²) >= 11 is 3.41. The molecule has 2 aromatic heterocycles. The lowest BCUT2D eigenvalue weighted by molar-refractivity contribution is 1.12. The van der Waals surface area contributed by atoms with Crippen LogP contribution in [0.2, 0.25) is 0 Å². The molecule has 2 aromatic rings. The maximum Gasteiger partial charge on any atom is 0.0886 e. The summed E-state index contributed by atoms with van der Waals surface area (Å²) in [4.78, 5) is 8.64. The van der Waals surface area contributed by atoms with Crippen molar-refractivity contribution in [1.82, 2.24) is 9.97 Å². The molecular weight excluding hydrogens is 252 g/mol. The summed E-state index contributed by atoms with van der Waals surface area (Å²) < 4.78 is 0. The quantitative estimate of drug-likeness (QED) is 0.795. The maximum atomic E-state index is 4.38. The van der Waals surface area contributed by atoms with Crippen molar-refractivity contribution in [2.45, 2.75) is 6.42 Å². The van der Waals surface area contributed by atoms with Crippen LogP contribution >= 0.6 is 15.9 Å². The Hall–Kier alpha value is -1.22. The Morgan fingerprint density at radius 3 is 2.47 bits per heavy atom. The number of pyridine rings is 2. The molecule has 0 spiro atoms. The number of hydrogen-bond acceptors (Lipinski definition) is 2. The minimum absolute atomic E-state index is 0.919. The van der Waals surface area contributed by atoms with Crippen molar-refractivity contribution >= 4 is 15.9 Å². The van der Waals surface area contributed by atoms with Crippen molar-refractivity contribution in [3.05, 3.63) is 48.3 Å². The van der Waals surface area contributed by atoms with Gasteiger partial charge in [0.15, 0.2) is 0 Å². The molecule has 0 aromatic carbocycles. The largest absolute Gasteiger partial charge is 0.255 e. The van der Waals surface area contributed by atoms with Gasteiger partial charge in [-0.2, -0.15) is 0 Å². The summed E-state index contributed by atoms with van der Waals surface area (Å²) in [7, 11) is 0. The van der Waals surface area contributed by atoms with Gasteiger partial charge in [0, 0.05) is 17.7 Å². The summed E-state index contributed by atoms with van der Waals surface area (Å²) in [6.45, 7) is 0. The highest BCUT2D eigenvalue weighted by Crippen LogP contribution is 2.13. The Morgan fingerprint density at radius 2 is 1.87 bits per heavy atom. The monoisotopic (exact) mass is 262 g/mol. The van der Waals surface area contributed by atoms with Crippen molar-refractivity contribution in [2.24, 2.45) is 0 Å². The first-order valence-corrected chi connectivity index (χ1v) is 5.94. The molecular formula is C12H11BrN2. The molecule has 0 saturated heterocycles. The van der Waals surface area contributed by atoms with Gasteiger partial charge in [-0.25, -0.2) is 0 Å². The second-order valence-corrected chi connectivity index (χ2v) is 4.00. The SMILES string of the molecule is BrCCc1ccc(-c2ccccn2)nc1. The third kappa shape index (κ3) is 2.63. The average molecular weight is 263 g/mol. The van der Waals surface area contributed by atoms with Crippen molar-refractivity contribution in [1.29, 1.82) is 0 Å². The average Bonchev–Trinajstić information content (AvgIpc) is 2.32. The fourth-order valence-corrected chi connectivity index (χ4v) is 1.81. The number of aryl methyl sites for hydroxylation is 1. The third-order valence-electron chi connectivity index (χ3n) is 2.14. The first-order chi connectivity index (χ1) is 7.40. The van der Waals surface area contributed by atoms with Crippen LogP contribution in [0.25, 0.3) is 11.4 Å². The minimum Gasteiger partial charge on any atom is -0.255 e. The van der Waals surface area contributed by atoms with Crippen LogP contribution in [0.4, 0.5) is 0 Å². The first-order valence-electron chi connectivity index (χ1n) is 4.82. The van der Waals surface area contributed by atoms with E-state index >= 15 is 0 Å². The van der Waals surface area contributed by atoms with Gasteiger partial charge in [-0.3, -0.25) is 9.97 Å². The Kier molecular flexibility index (Phi) is 3.45. The zero-order valence-electron chi connectivity index (χ0n) is 8.23. The van der Waals surface area contributed by atoms with E-state index in [-0.39, 0.29) is 0 Å². The van der Waals surface area contributed by atoms with Crippen molar-refractivity contribution in [2.75, 3.05) is 5.33 Å². The van der Waals surface area contributed by atoms with E-state index in [9.17, 15) is 0 Å². The van der Waals surface area contributed by atoms with E-state index in [0.29, 0.717) is 0 Å². The molecule has 3 heteroatoms. The molecule has 0 saturated carbocycles. The van der Waals surface area contributed by atoms with Gasteiger partial charge >= 0.3 is 0 Å². The highest BCUT2D eigenvalue weighted by Gasteiger charge is 1.99. The zero-order chi connectivity index (χ0) is 10.5. The van der Waals surface area contributed by atoms with Gasteiger partial charge in [0.05, 0.1) is 11.4 Å². The lowest BCUT2D eigenvalue weighted by atomic mass is 10.2. The number of nitrogens with zero attached hydrogens (tertiary/aromatic N) is 2. The van der Waals surface area contributed by atoms with Crippen LogP contribution < -0.4 is 0 Å². The summed E-state index contributed by atoms with van der Waals surface area (Å²) in [6.07, 6.45) is 4.70. The Morgan fingerprint density at radius 1 is 1.00 bits per heavy atom. The predicted octanol–water partition coefficient (Wildman–Crippen LogP) is 3.08. The highest BCUT2D eigenvalue weighted by molar-refractivity contribution is 9.09. The van der Waals surface area contributed by atoms with Crippen LogP contribution in [-0.4, -0.2) is 15.3 Å². The number of alkyl halides is 1. The van der Waals surface area contributed by atoms with Crippen LogP contribution in [-0.2, 0) is 6.42 Å². The van der Waals surface area contributed by atoms with Gasteiger partial charge in [-0.15, -0.1) is 0 Å². The van der Waals surface area contributed by atoms with Crippen LogP contribution in [0.3, 0.4) is 0 Å². The zero-order valence-corrected chi connectivity index (χ0v) is 9.81. The molecule has 2 heterocycles. The van der Waals surface area contributed by atoms with E-state index in [2.05, 4.69) is 32.0 Å². The summed E-state index contributed by atoms with van der Waals surface area (Å²) in [5.41, 5.74) is 3.09. The summed E-state index contributed by atoms with van der Waals surface area (Å²) in [5, 5.41) is 0.970. The molecule has 0 fully saturated rings. The van der Waals surface area contributed by atoms with Gasteiger partial charge in [0.2, 0.25) is 0 Å². The second kappa shape index (κ2) is 5.03. The molecule has 0 N–H and O–H groups in total. The third-order valence-corrected chi connectivity index (χ3v) is 2.53. The van der Waals surface area contributed by atoms with E-state index in [4.69, 9.17) is 0 Å². The number of aromatic nitrogens is 2. The smallest absolute Gasteiger partial charge is 0.0886 e. The summed E-state index contributed by atoms with van der Waals surface area (Å²) in [6, 6.07) is 9.95. The molecule has 0 amide bonds. The maximum absolute atomic E-state index is 4.38. The van der Waals surface area contributed by atoms with Crippen LogP contribution in [0.5, 0.6) is 0 Å². The Labute approximate surface area is 97.5 Å². The molecule has 0 aliphatic carbocycles. The normalized spacial score (nSPS) is 10.2. The van der Waals surface area contributed by atoms with Gasteiger partial charge in [-0.05, 0) is 30.2 Å². The van der Waals surface area contributed by atoms with Crippen molar-refractivity contribution in [3.8, 4) is 11.4 Å². The molecule has 15 heavy (non-hydrogen) atoms. The topological polar surface area (TPSA) is 25.8 Å².